The van der Waals surface area contributed by atoms with Gasteiger partial charge in [-0.25, -0.2) is 17.9 Å². The van der Waals surface area contributed by atoms with Crippen molar-refractivity contribution in [2.45, 2.75) is 31.2 Å². The lowest BCUT2D eigenvalue weighted by Gasteiger charge is -2.11. The number of thiophene rings is 1. The number of halogens is 1. The second-order valence-corrected chi connectivity index (χ2v) is 7.54. The first kappa shape index (κ1) is 14.6. The van der Waals surface area contributed by atoms with Gasteiger partial charge in [0.15, 0.2) is 0 Å². The first-order valence-corrected chi connectivity index (χ1v) is 7.92. The van der Waals surface area contributed by atoms with E-state index in [4.69, 9.17) is 5.11 Å². The fourth-order valence-electron chi connectivity index (χ4n) is 1.05. The largest absolute Gasteiger partial charge is 0.477 e. The quantitative estimate of drug-likeness (QED) is 0.860. The molecule has 1 heterocycles. The molecule has 96 valence electrons. The van der Waals surface area contributed by atoms with E-state index in [0.717, 1.165) is 17.4 Å². The highest BCUT2D eigenvalue weighted by molar-refractivity contribution is 9.11. The van der Waals surface area contributed by atoms with Gasteiger partial charge in [0.05, 0.1) is 3.79 Å². The summed E-state index contributed by atoms with van der Waals surface area (Å²) in [6.07, 6.45) is 0.659. The smallest absolute Gasteiger partial charge is 0.345 e. The first-order chi connectivity index (χ1) is 7.77. The molecule has 5 nitrogen and oxygen atoms in total. The second kappa shape index (κ2) is 5.47. The molecular weight excluding hydrogens is 330 g/mol. The van der Waals surface area contributed by atoms with Crippen LogP contribution < -0.4 is 4.72 Å². The summed E-state index contributed by atoms with van der Waals surface area (Å²) in [6.45, 7) is 3.61. The van der Waals surface area contributed by atoms with Crippen molar-refractivity contribution < 1.29 is 18.3 Å². The maximum Gasteiger partial charge on any atom is 0.345 e. The Labute approximate surface area is 112 Å². The normalized spacial score (nSPS) is 13.6. The van der Waals surface area contributed by atoms with E-state index in [2.05, 4.69) is 20.7 Å². The number of hydrogen-bond acceptors (Lipinski definition) is 4. The van der Waals surface area contributed by atoms with E-state index in [-0.39, 0.29) is 15.8 Å². The number of sulfonamides is 1. The summed E-state index contributed by atoms with van der Waals surface area (Å²) >= 11 is 3.95. The number of hydrogen-bond donors (Lipinski definition) is 2. The lowest BCUT2D eigenvalue weighted by atomic mass is 10.3. The molecule has 0 radical (unpaired) electrons. The molecule has 1 unspecified atom stereocenters. The first-order valence-electron chi connectivity index (χ1n) is 4.83. The second-order valence-electron chi connectivity index (χ2n) is 3.48. The molecule has 1 aromatic rings. The van der Waals surface area contributed by atoms with Crippen molar-refractivity contribution in [1.82, 2.24) is 4.72 Å². The molecule has 0 spiro atoms. The maximum atomic E-state index is 11.9. The molecule has 0 aliphatic rings. The molecule has 0 saturated carbocycles. The van der Waals surface area contributed by atoms with Gasteiger partial charge in [-0.15, -0.1) is 11.3 Å². The van der Waals surface area contributed by atoms with Crippen molar-refractivity contribution in [1.29, 1.82) is 0 Å². The Balaban J connectivity index is 3.11. The maximum absolute atomic E-state index is 11.9. The van der Waals surface area contributed by atoms with E-state index in [1.54, 1.807) is 6.92 Å². The average molecular weight is 342 g/mol. The minimum absolute atomic E-state index is 0.0126. The highest BCUT2D eigenvalue weighted by Crippen LogP contribution is 2.31. The Hall–Kier alpha value is -0.440. The zero-order valence-electron chi connectivity index (χ0n) is 9.23. The van der Waals surface area contributed by atoms with Crippen LogP contribution >= 0.6 is 27.3 Å². The van der Waals surface area contributed by atoms with Crippen molar-refractivity contribution in [2.75, 3.05) is 0 Å². The molecule has 17 heavy (non-hydrogen) atoms. The number of rotatable bonds is 5. The van der Waals surface area contributed by atoms with Gasteiger partial charge in [0.25, 0.3) is 0 Å². The number of nitrogens with one attached hydrogen (secondary N) is 1. The fraction of sp³-hybridized carbons (Fsp3) is 0.444. The third kappa shape index (κ3) is 3.51. The fourth-order valence-corrected chi connectivity index (χ4v) is 4.78. The minimum atomic E-state index is -3.66. The van der Waals surface area contributed by atoms with Crippen LogP contribution in [0.5, 0.6) is 0 Å². The Morgan fingerprint density at radius 2 is 2.24 bits per heavy atom. The number of aromatic carboxylic acids is 1. The molecule has 0 fully saturated rings. The number of carboxylic acids is 1. The van der Waals surface area contributed by atoms with Crippen LogP contribution in [0.3, 0.4) is 0 Å². The molecule has 2 N–H and O–H groups in total. The van der Waals surface area contributed by atoms with Gasteiger partial charge in [-0.3, -0.25) is 0 Å². The zero-order chi connectivity index (χ0) is 13.2. The van der Waals surface area contributed by atoms with Gasteiger partial charge in [-0.2, -0.15) is 0 Å². The molecule has 8 heteroatoms. The van der Waals surface area contributed by atoms with Gasteiger partial charge >= 0.3 is 5.97 Å². The van der Waals surface area contributed by atoms with E-state index in [9.17, 15) is 13.2 Å². The Morgan fingerprint density at radius 3 is 2.65 bits per heavy atom. The van der Waals surface area contributed by atoms with Crippen molar-refractivity contribution in [3.05, 3.63) is 14.7 Å². The topological polar surface area (TPSA) is 83.5 Å². The predicted molar refractivity (Wildman–Crippen MR) is 69.1 cm³/mol. The highest BCUT2D eigenvalue weighted by Gasteiger charge is 2.24. The van der Waals surface area contributed by atoms with Crippen LogP contribution in [-0.2, 0) is 10.0 Å². The molecule has 1 aromatic heterocycles. The Bertz CT molecular complexity index is 523. The molecule has 0 saturated heterocycles. The summed E-state index contributed by atoms with van der Waals surface area (Å²) in [6, 6.07) is 0.960. The summed E-state index contributed by atoms with van der Waals surface area (Å²) in [5.74, 6) is -1.14. The minimum Gasteiger partial charge on any atom is -0.477 e. The van der Waals surface area contributed by atoms with Crippen molar-refractivity contribution >= 4 is 43.3 Å². The van der Waals surface area contributed by atoms with Crippen LogP contribution in [-0.4, -0.2) is 25.5 Å². The monoisotopic (exact) mass is 341 g/mol. The third-order valence-electron chi connectivity index (χ3n) is 2.12. The van der Waals surface area contributed by atoms with Crippen LogP contribution in [0.4, 0.5) is 0 Å². The third-order valence-corrected chi connectivity index (χ3v) is 5.95. The molecule has 1 rings (SSSR count). The lowest BCUT2D eigenvalue weighted by molar-refractivity contribution is 0.0702. The number of carbonyl (C=O) groups is 1. The average Bonchev–Trinajstić information content (AvgIpc) is 2.60. The van der Waals surface area contributed by atoms with Crippen LogP contribution in [0.15, 0.2) is 14.7 Å². The van der Waals surface area contributed by atoms with Gasteiger partial charge in [0.1, 0.15) is 9.77 Å². The van der Waals surface area contributed by atoms with Gasteiger partial charge in [-0.05, 0) is 35.3 Å². The molecule has 0 bridgehead atoms. The summed E-state index contributed by atoms with van der Waals surface area (Å²) in [5.41, 5.74) is 0. The summed E-state index contributed by atoms with van der Waals surface area (Å²) < 4.78 is 26.6. The van der Waals surface area contributed by atoms with Crippen molar-refractivity contribution in [3.8, 4) is 0 Å². The zero-order valence-corrected chi connectivity index (χ0v) is 12.4. The molecular formula is C9H12BrNO4S2. The van der Waals surface area contributed by atoms with Crippen LogP contribution in [0.1, 0.15) is 29.9 Å². The molecule has 0 amide bonds. The molecule has 1 atom stereocenters. The van der Waals surface area contributed by atoms with Gasteiger partial charge in [0, 0.05) is 6.04 Å². The van der Waals surface area contributed by atoms with Crippen molar-refractivity contribution in [2.24, 2.45) is 0 Å². The Morgan fingerprint density at radius 1 is 1.65 bits per heavy atom. The molecule has 0 aliphatic carbocycles. The lowest BCUT2D eigenvalue weighted by Crippen LogP contribution is -2.31. The Kier molecular flexibility index (Phi) is 4.70. The van der Waals surface area contributed by atoms with Crippen LogP contribution in [0.2, 0.25) is 0 Å². The van der Waals surface area contributed by atoms with E-state index < -0.39 is 16.0 Å². The standard InChI is InChI=1S/C9H12BrNO4S2/c1-3-5(2)11-17(14,15)7-4-6(9(12)13)16-8(7)10/h4-5,11H,3H2,1-2H3,(H,12,13). The van der Waals surface area contributed by atoms with E-state index >= 15 is 0 Å². The molecule has 0 aliphatic heterocycles. The molecule has 0 aromatic carbocycles. The van der Waals surface area contributed by atoms with Crippen LogP contribution in [0.25, 0.3) is 0 Å². The number of carboxylic acid groups (broad SMARTS) is 1. The highest BCUT2D eigenvalue weighted by atomic mass is 79.9. The van der Waals surface area contributed by atoms with Gasteiger partial charge < -0.3 is 5.11 Å². The van der Waals surface area contributed by atoms with E-state index in [0.29, 0.717) is 10.2 Å². The van der Waals surface area contributed by atoms with Gasteiger partial charge in [-0.1, -0.05) is 6.92 Å². The predicted octanol–water partition coefficient (Wildman–Crippen LogP) is 2.29. The summed E-state index contributed by atoms with van der Waals surface area (Å²) in [7, 11) is -3.66. The van der Waals surface area contributed by atoms with E-state index in [1.807, 2.05) is 6.92 Å². The van der Waals surface area contributed by atoms with Gasteiger partial charge in [0.2, 0.25) is 10.0 Å². The van der Waals surface area contributed by atoms with Crippen molar-refractivity contribution in [3.63, 3.8) is 0 Å². The summed E-state index contributed by atoms with van der Waals surface area (Å²) in [4.78, 5) is 10.7. The van der Waals surface area contributed by atoms with E-state index in [1.165, 1.54) is 0 Å². The SMILES string of the molecule is CCC(C)NS(=O)(=O)c1cc(C(=O)O)sc1Br. The summed E-state index contributed by atoms with van der Waals surface area (Å²) in [5, 5.41) is 8.79. The van der Waals surface area contributed by atoms with Crippen LogP contribution in [0, 0.1) is 0 Å².